The zero-order chi connectivity index (χ0) is 8.97. The molecule has 0 fully saturated rings. The molecule has 1 rings (SSSR count). The van der Waals surface area contributed by atoms with Gasteiger partial charge in [-0.3, -0.25) is 4.79 Å². The maximum Gasteiger partial charge on any atom is 0.242 e. The topological polar surface area (TPSA) is 17.1 Å². The quantitative estimate of drug-likeness (QED) is 0.636. The van der Waals surface area contributed by atoms with E-state index in [1.807, 2.05) is 0 Å². The van der Waals surface area contributed by atoms with Gasteiger partial charge in [0, 0.05) is 12.0 Å². The number of hydrogen-bond donors (Lipinski definition) is 0. The highest BCUT2D eigenvalue weighted by Gasteiger charge is 2.07. The zero-order valence-corrected chi connectivity index (χ0v) is 6.34. The zero-order valence-electron chi connectivity index (χ0n) is 6.34. The van der Waals surface area contributed by atoms with Gasteiger partial charge in [0.05, 0.1) is 0 Å². The van der Waals surface area contributed by atoms with Crippen LogP contribution in [0.1, 0.15) is 15.9 Å². The van der Waals surface area contributed by atoms with Crippen LogP contribution in [0.2, 0.25) is 0 Å². The maximum absolute atomic E-state index is 11.9. The molecule has 0 spiro atoms. The smallest absolute Gasteiger partial charge is 0.242 e. The van der Waals surface area contributed by atoms with E-state index in [-0.39, 0.29) is 6.42 Å². The van der Waals surface area contributed by atoms with Crippen LogP contribution in [-0.4, -0.2) is 12.7 Å². The van der Waals surface area contributed by atoms with Crippen LogP contribution in [0.4, 0.5) is 8.78 Å². The average Bonchev–Trinajstić information content (AvgIpc) is 2.04. The van der Waals surface area contributed by atoms with E-state index in [1.54, 1.807) is 12.1 Å². The first kappa shape index (κ1) is 8.84. The number of carbonyl (C=O) groups is 1. The van der Waals surface area contributed by atoms with Crippen molar-refractivity contribution in [3.63, 3.8) is 0 Å². The molecule has 64 valence electrons. The second-order valence-corrected chi connectivity index (χ2v) is 2.41. The predicted molar refractivity (Wildman–Crippen MR) is 41.5 cm³/mol. The second kappa shape index (κ2) is 3.95. The third-order valence-electron chi connectivity index (χ3n) is 1.56. The number of aldehydes is 1. The van der Waals surface area contributed by atoms with E-state index in [9.17, 15) is 13.6 Å². The summed E-state index contributed by atoms with van der Waals surface area (Å²) >= 11 is 0. The summed E-state index contributed by atoms with van der Waals surface area (Å²) in [5, 5.41) is 0. The highest BCUT2D eigenvalue weighted by Crippen LogP contribution is 2.11. The van der Waals surface area contributed by atoms with Gasteiger partial charge in [0.15, 0.2) is 0 Å². The first-order valence-corrected chi connectivity index (χ1v) is 3.55. The first-order valence-electron chi connectivity index (χ1n) is 3.55. The third-order valence-corrected chi connectivity index (χ3v) is 1.56. The van der Waals surface area contributed by atoms with Crippen LogP contribution in [0, 0.1) is 0 Å². The number of rotatable bonds is 3. The Balaban J connectivity index is 2.89. The molecule has 0 unspecified atom stereocenters. The average molecular weight is 170 g/mol. The van der Waals surface area contributed by atoms with Crippen molar-refractivity contribution in [2.24, 2.45) is 0 Å². The Morgan fingerprint density at radius 3 is 2.58 bits per heavy atom. The molecule has 0 amide bonds. The summed E-state index contributed by atoms with van der Waals surface area (Å²) in [6.07, 6.45) is -2.15. The van der Waals surface area contributed by atoms with Crippen LogP contribution in [0.3, 0.4) is 0 Å². The molecule has 0 saturated carbocycles. The Morgan fingerprint density at radius 2 is 2.00 bits per heavy atom. The van der Waals surface area contributed by atoms with Crippen molar-refractivity contribution >= 4 is 6.29 Å². The fourth-order valence-electron chi connectivity index (χ4n) is 1.00. The summed E-state index contributed by atoms with van der Waals surface area (Å²) in [7, 11) is 0. The van der Waals surface area contributed by atoms with Crippen LogP contribution < -0.4 is 0 Å². The molecule has 0 aliphatic heterocycles. The summed E-state index contributed by atoms with van der Waals surface area (Å²) in [4.78, 5) is 10.4. The molecular formula is C9H8F2O. The number of carbonyl (C=O) groups excluding carboxylic acids is 1. The Kier molecular flexibility index (Phi) is 2.91. The van der Waals surface area contributed by atoms with E-state index in [0.717, 1.165) is 0 Å². The monoisotopic (exact) mass is 170 g/mol. The lowest BCUT2D eigenvalue weighted by Crippen LogP contribution is -2.00. The van der Waals surface area contributed by atoms with E-state index in [4.69, 9.17) is 0 Å². The Morgan fingerprint density at radius 1 is 1.33 bits per heavy atom. The van der Waals surface area contributed by atoms with Gasteiger partial charge in [-0.15, -0.1) is 0 Å². The van der Waals surface area contributed by atoms with E-state index < -0.39 is 6.43 Å². The highest BCUT2D eigenvalue weighted by molar-refractivity contribution is 5.77. The lowest BCUT2D eigenvalue weighted by Gasteiger charge is -2.02. The minimum atomic E-state index is -2.40. The standard InChI is InChI=1S/C9H8F2O/c10-9(11)5-7-3-1-2-4-8(7)6-12/h1-4,6,9H,5H2. The van der Waals surface area contributed by atoms with Crippen molar-refractivity contribution in [3.05, 3.63) is 35.4 Å². The van der Waals surface area contributed by atoms with Gasteiger partial charge in [-0.05, 0) is 5.56 Å². The highest BCUT2D eigenvalue weighted by atomic mass is 19.3. The van der Waals surface area contributed by atoms with Gasteiger partial charge in [-0.1, -0.05) is 24.3 Å². The van der Waals surface area contributed by atoms with Crippen molar-refractivity contribution in [2.45, 2.75) is 12.8 Å². The Bertz CT molecular complexity index is 271. The minimum Gasteiger partial charge on any atom is -0.298 e. The number of halogens is 2. The molecule has 0 aliphatic rings. The van der Waals surface area contributed by atoms with E-state index in [2.05, 4.69) is 0 Å². The molecule has 12 heavy (non-hydrogen) atoms. The normalized spacial score (nSPS) is 10.2. The Hall–Kier alpha value is -1.25. The van der Waals surface area contributed by atoms with E-state index >= 15 is 0 Å². The van der Waals surface area contributed by atoms with Crippen molar-refractivity contribution < 1.29 is 13.6 Å². The summed E-state index contributed by atoms with van der Waals surface area (Å²) in [6, 6.07) is 6.37. The minimum absolute atomic E-state index is 0.345. The van der Waals surface area contributed by atoms with Gasteiger partial charge in [0.2, 0.25) is 6.43 Å². The molecule has 0 aromatic heterocycles. The van der Waals surface area contributed by atoms with E-state index in [1.165, 1.54) is 12.1 Å². The van der Waals surface area contributed by atoms with Crippen molar-refractivity contribution in [3.8, 4) is 0 Å². The molecule has 3 heteroatoms. The lowest BCUT2D eigenvalue weighted by atomic mass is 10.1. The van der Waals surface area contributed by atoms with Gasteiger partial charge >= 0.3 is 0 Å². The number of hydrogen-bond acceptors (Lipinski definition) is 1. The van der Waals surface area contributed by atoms with Crippen molar-refractivity contribution in [1.29, 1.82) is 0 Å². The summed E-state index contributed by atoms with van der Waals surface area (Å²) in [6.45, 7) is 0. The van der Waals surface area contributed by atoms with Crippen LogP contribution in [0.25, 0.3) is 0 Å². The summed E-state index contributed by atoms with van der Waals surface area (Å²) < 4.78 is 23.8. The molecule has 0 radical (unpaired) electrons. The number of alkyl halides is 2. The molecule has 1 nitrogen and oxygen atoms in total. The van der Waals surface area contributed by atoms with Gasteiger partial charge in [0.1, 0.15) is 6.29 Å². The summed E-state index contributed by atoms with van der Waals surface area (Å²) in [5.74, 6) is 0. The van der Waals surface area contributed by atoms with Gasteiger partial charge in [-0.2, -0.15) is 0 Å². The van der Waals surface area contributed by atoms with Crippen LogP contribution in [0.15, 0.2) is 24.3 Å². The molecule has 1 aromatic carbocycles. The van der Waals surface area contributed by atoms with E-state index in [0.29, 0.717) is 17.4 Å². The van der Waals surface area contributed by atoms with Gasteiger partial charge in [0.25, 0.3) is 0 Å². The molecule has 0 heterocycles. The lowest BCUT2D eigenvalue weighted by molar-refractivity contribution is 0.112. The third kappa shape index (κ3) is 2.12. The largest absolute Gasteiger partial charge is 0.298 e. The van der Waals surface area contributed by atoms with Gasteiger partial charge in [-0.25, -0.2) is 8.78 Å². The predicted octanol–water partition coefficient (Wildman–Crippen LogP) is 2.31. The molecule has 0 saturated heterocycles. The molecule has 0 bridgehead atoms. The fourth-order valence-corrected chi connectivity index (χ4v) is 1.00. The molecule has 0 aliphatic carbocycles. The number of benzene rings is 1. The van der Waals surface area contributed by atoms with Gasteiger partial charge < -0.3 is 0 Å². The van der Waals surface area contributed by atoms with Crippen LogP contribution >= 0.6 is 0 Å². The van der Waals surface area contributed by atoms with Crippen LogP contribution in [0.5, 0.6) is 0 Å². The molecule has 0 atom stereocenters. The fraction of sp³-hybridized carbons (Fsp3) is 0.222. The second-order valence-electron chi connectivity index (χ2n) is 2.41. The molecule has 1 aromatic rings. The molecule has 0 N–H and O–H groups in total. The Labute approximate surface area is 69.0 Å². The SMILES string of the molecule is O=Cc1ccccc1CC(F)F. The summed E-state index contributed by atoms with van der Waals surface area (Å²) in [5.41, 5.74) is 0.750. The first-order chi connectivity index (χ1) is 5.74. The van der Waals surface area contributed by atoms with Crippen molar-refractivity contribution in [1.82, 2.24) is 0 Å². The molecular weight excluding hydrogens is 162 g/mol. The van der Waals surface area contributed by atoms with Crippen molar-refractivity contribution in [2.75, 3.05) is 0 Å². The van der Waals surface area contributed by atoms with Crippen LogP contribution in [-0.2, 0) is 6.42 Å². The maximum atomic E-state index is 11.9.